The van der Waals surface area contributed by atoms with Crippen molar-refractivity contribution in [1.29, 1.82) is 0 Å². The molecule has 1 amide bonds. The molecule has 0 radical (unpaired) electrons. The van der Waals surface area contributed by atoms with Crippen LogP contribution < -0.4 is 10.1 Å². The summed E-state index contributed by atoms with van der Waals surface area (Å²) in [5, 5.41) is 2.49. The number of piperidine rings is 1. The minimum absolute atomic E-state index is 0.0469. The van der Waals surface area contributed by atoms with Gasteiger partial charge < -0.3 is 10.1 Å². The Balaban J connectivity index is 2.42. The highest BCUT2D eigenvalue weighted by Gasteiger charge is 2.31. The van der Waals surface area contributed by atoms with E-state index in [0.29, 0.717) is 24.6 Å². The highest BCUT2D eigenvalue weighted by molar-refractivity contribution is 7.89. The number of nitrogens with zero attached hydrogens (tertiary/aromatic N) is 1. The number of nitrogens with one attached hydrogen (secondary N) is 1. The van der Waals surface area contributed by atoms with Crippen molar-refractivity contribution in [2.75, 3.05) is 27.2 Å². The van der Waals surface area contributed by atoms with Crippen LogP contribution in [0.1, 0.15) is 30.1 Å². The predicted molar refractivity (Wildman–Crippen MR) is 83.5 cm³/mol. The van der Waals surface area contributed by atoms with E-state index in [0.717, 1.165) is 12.8 Å². The second-order valence-corrected chi connectivity index (χ2v) is 7.44. The molecule has 122 valence electrons. The van der Waals surface area contributed by atoms with E-state index >= 15 is 0 Å². The first-order valence-corrected chi connectivity index (χ1v) is 8.74. The van der Waals surface area contributed by atoms with Gasteiger partial charge in [-0.25, -0.2) is 8.42 Å². The van der Waals surface area contributed by atoms with Crippen LogP contribution in [0.2, 0.25) is 0 Å². The van der Waals surface area contributed by atoms with Gasteiger partial charge in [0, 0.05) is 25.7 Å². The maximum absolute atomic E-state index is 12.9. The van der Waals surface area contributed by atoms with Gasteiger partial charge in [-0.3, -0.25) is 4.79 Å². The molecule has 0 aliphatic carbocycles. The lowest BCUT2D eigenvalue weighted by molar-refractivity contribution is 0.0963. The van der Waals surface area contributed by atoms with Gasteiger partial charge in [-0.05, 0) is 37.0 Å². The summed E-state index contributed by atoms with van der Waals surface area (Å²) in [6.07, 6.45) is 1.69. The Bertz CT molecular complexity index is 650. The zero-order chi connectivity index (χ0) is 16.3. The maximum atomic E-state index is 12.9. The van der Waals surface area contributed by atoms with Gasteiger partial charge in [0.15, 0.2) is 0 Å². The highest BCUT2D eigenvalue weighted by Crippen LogP contribution is 2.30. The summed E-state index contributed by atoms with van der Waals surface area (Å²) in [4.78, 5) is 11.8. The van der Waals surface area contributed by atoms with Crippen molar-refractivity contribution in [3.8, 4) is 5.75 Å². The molecule has 6 nitrogen and oxygen atoms in total. The lowest BCUT2D eigenvalue weighted by atomic mass is 10.0. The monoisotopic (exact) mass is 326 g/mol. The predicted octanol–water partition coefficient (Wildman–Crippen LogP) is 1.48. The molecule has 7 heteroatoms. The van der Waals surface area contributed by atoms with E-state index in [1.54, 1.807) is 6.07 Å². The SMILES string of the molecule is CNC(=O)c1ccc(OC)c(S(=O)(=O)N2CCC(C)CC2)c1. The van der Waals surface area contributed by atoms with Crippen LogP contribution in [0.15, 0.2) is 23.1 Å². The molecule has 0 spiro atoms. The van der Waals surface area contributed by atoms with E-state index < -0.39 is 10.0 Å². The summed E-state index contributed by atoms with van der Waals surface area (Å²) >= 11 is 0. The number of rotatable bonds is 4. The average molecular weight is 326 g/mol. The molecule has 0 aromatic heterocycles. The van der Waals surface area contributed by atoms with Crippen LogP contribution in [0.5, 0.6) is 5.75 Å². The average Bonchev–Trinajstić information content (AvgIpc) is 2.53. The third kappa shape index (κ3) is 3.25. The minimum Gasteiger partial charge on any atom is -0.495 e. The second kappa shape index (κ2) is 6.66. The van der Waals surface area contributed by atoms with Crippen LogP contribution in [0.4, 0.5) is 0 Å². The number of hydrogen-bond donors (Lipinski definition) is 1. The molecule has 0 bridgehead atoms. The van der Waals surface area contributed by atoms with Gasteiger partial charge in [-0.1, -0.05) is 6.92 Å². The molecule has 1 aliphatic rings. The van der Waals surface area contributed by atoms with Crippen LogP contribution in [0.25, 0.3) is 0 Å². The van der Waals surface area contributed by atoms with E-state index in [4.69, 9.17) is 4.74 Å². The van der Waals surface area contributed by atoms with Gasteiger partial charge in [0.1, 0.15) is 10.6 Å². The second-order valence-electron chi connectivity index (χ2n) is 5.53. The standard InChI is InChI=1S/C15H22N2O4S/c1-11-6-8-17(9-7-11)22(19,20)14-10-12(15(18)16-2)4-5-13(14)21-3/h4-5,10-11H,6-9H2,1-3H3,(H,16,18). The van der Waals surface area contributed by atoms with E-state index in [2.05, 4.69) is 12.2 Å². The lowest BCUT2D eigenvalue weighted by Crippen LogP contribution is -2.38. The Hall–Kier alpha value is -1.60. The molecule has 1 aliphatic heterocycles. The van der Waals surface area contributed by atoms with Crippen LogP contribution in [-0.4, -0.2) is 45.9 Å². The fraction of sp³-hybridized carbons (Fsp3) is 0.533. The molecule has 1 heterocycles. The smallest absolute Gasteiger partial charge is 0.251 e. The van der Waals surface area contributed by atoms with Crippen molar-refractivity contribution in [3.05, 3.63) is 23.8 Å². The number of amides is 1. The van der Waals surface area contributed by atoms with E-state index in [9.17, 15) is 13.2 Å². The Kier molecular flexibility index (Phi) is 5.08. The Morgan fingerprint density at radius 3 is 2.50 bits per heavy atom. The number of carbonyl (C=O) groups excluding carboxylic acids is 1. The van der Waals surface area contributed by atoms with Crippen molar-refractivity contribution in [1.82, 2.24) is 9.62 Å². The molecule has 0 atom stereocenters. The topological polar surface area (TPSA) is 75.7 Å². The van der Waals surface area contributed by atoms with Gasteiger partial charge in [0.25, 0.3) is 5.91 Å². The third-order valence-corrected chi connectivity index (χ3v) is 5.93. The van der Waals surface area contributed by atoms with E-state index in [1.165, 1.54) is 30.6 Å². The number of methoxy groups -OCH3 is 1. The third-order valence-electron chi connectivity index (χ3n) is 4.01. The van der Waals surface area contributed by atoms with Crippen molar-refractivity contribution in [2.24, 2.45) is 5.92 Å². The molecule has 1 aromatic rings. The van der Waals surface area contributed by atoms with Crippen LogP contribution in [-0.2, 0) is 10.0 Å². The number of benzene rings is 1. The van der Waals surface area contributed by atoms with Gasteiger partial charge in [-0.15, -0.1) is 0 Å². The Morgan fingerprint density at radius 1 is 1.32 bits per heavy atom. The van der Waals surface area contributed by atoms with Crippen molar-refractivity contribution in [2.45, 2.75) is 24.7 Å². The number of ether oxygens (including phenoxy) is 1. The fourth-order valence-corrected chi connectivity index (χ4v) is 4.18. The van der Waals surface area contributed by atoms with Gasteiger partial charge >= 0.3 is 0 Å². The van der Waals surface area contributed by atoms with Crippen LogP contribution in [0.3, 0.4) is 0 Å². The zero-order valence-electron chi connectivity index (χ0n) is 13.1. The van der Waals surface area contributed by atoms with Gasteiger partial charge in [-0.2, -0.15) is 4.31 Å². The molecule has 1 aromatic carbocycles. The summed E-state index contributed by atoms with van der Waals surface area (Å²) in [7, 11) is -0.735. The zero-order valence-corrected chi connectivity index (χ0v) is 13.9. The number of hydrogen-bond acceptors (Lipinski definition) is 4. The van der Waals surface area contributed by atoms with Crippen LogP contribution >= 0.6 is 0 Å². The summed E-state index contributed by atoms with van der Waals surface area (Å²) in [6.45, 7) is 3.12. The summed E-state index contributed by atoms with van der Waals surface area (Å²) in [5.41, 5.74) is 0.298. The molecule has 1 N–H and O–H groups in total. The molecule has 0 saturated carbocycles. The maximum Gasteiger partial charge on any atom is 0.251 e. The quantitative estimate of drug-likeness (QED) is 0.909. The largest absolute Gasteiger partial charge is 0.495 e. The summed E-state index contributed by atoms with van der Waals surface area (Å²) < 4.78 is 32.3. The first-order chi connectivity index (χ1) is 10.4. The molecule has 22 heavy (non-hydrogen) atoms. The van der Waals surface area contributed by atoms with Crippen LogP contribution in [0, 0.1) is 5.92 Å². The van der Waals surface area contributed by atoms with E-state index in [1.807, 2.05) is 0 Å². The van der Waals surface area contributed by atoms with Gasteiger partial charge in [0.05, 0.1) is 7.11 Å². The lowest BCUT2D eigenvalue weighted by Gasteiger charge is -2.29. The van der Waals surface area contributed by atoms with E-state index in [-0.39, 0.29) is 16.6 Å². The molecule has 1 fully saturated rings. The number of carbonyl (C=O) groups is 1. The Morgan fingerprint density at radius 2 is 1.95 bits per heavy atom. The molecular formula is C15H22N2O4S. The first kappa shape index (κ1) is 16.8. The highest BCUT2D eigenvalue weighted by atomic mass is 32.2. The summed E-state index contributed by atoms with van der Waals surface area (Å²) in [6, 6.07) is 4.45. The van der Waals surface area contributed by atoms with Crippen molar-refractivity contribution in [3.63, 3.8) is 0 Å². The fourth-order valence-electron chi connectivity index (χ4n) is 2.53. The molecule has 2 rings (SSSR count). The molecule has 1 saturated heterocycles. The first-order valence-electron chi connectivity index (χ1n) is 7.30. The van der Waals surface area contributed by atoms with Gasteiger partial charge in [0.2, 0.25) is 10.0 Å². The minimum atomic E-state index is -3.66. The molecular weight excluding hydrogens is 304 g/mol. The normalized spacial score (nSPS) is 17.2. The van der Waals surface area contributed by atoms with Crippen molar-refractivity contribution < 1.29 is 17.9 Å². The van der Waals surface area contributed by atoms with Crippen molar-refractivity contribution >= 4 is 15.9 Å². The number of sulfonamides is 1. The summed E-state index contributed by atoms with van der Waals surface area (Å²) in [5.74, 6) is 0.461. The molecule has 0 unspecified atom stereocenters. The Labute approximate surface area is 131 Å².